The van der Waals surface area contributed by atoms with Gasteiger partial charge in [-0.3, -0.25) is 19.7 Å². The van der Waals surface area contributed by atoms with Crippen LogP contribution in [0.25, 0.3) is 0 Å². The van der Waals surface area contributed by atoms with Crippen LogP contribution in [0.2, 0.25) is 0 Å². The van der Waals surface area contributed by atoms with E-state index >= 15 is 0 Å². The number of hydrogen-bond donors (Lipinski definition) is 0. The molecule has 162 valence electrons. The number of nitrogens with zero attached hydrogens (tertiary/aromatic N) is 2. The molecular formula is C26H18N2O5. The number of nitro benzene ring substituents is 1. The van der Waals surface area contributed by atoms with Gasteiger partial charge >= 0.3 is 0 Å². The Morgan fingerprint density at radius 3 is 2.09 bits per heavy atom. The van der Waals surface area contributed by atoms with Gasteiger partial charge in [-0.1, -0.05) is 48.5 Å². The van der Waals surface area contributed by atoms with Crippen LogP contribution in [-0.4, -0.2) is 23.0 Å². The van der Waals surface area contributed by atoms with Gasteiger partial charge in [-0.25, -0.2) is 4.90 Å². The maximum absolute atomic E-state index is 13.9. The van der Waals surface area contributed by atoms with Crippen LogP contribution in [0.4, 0.5) is 11.4 Å². The van der Waals surface area contributed by atoms with Crippen LogP contribution in [0.5, 0.6) is 0 Å². The Kier molecular flexibility index (Phi) is 3.82. The largest absolute Gasteiger partial charge is 0.302 e. The first-order valence-electron chi connectivity index (χ1n) is 10.7. The maximum atomic E-state index is 13.9. The molecule has 1 saturated heterocycles. The van der Waals surface area contributed by atoms with Crippen molar-refractivity contribution in [3.05, 3.63) is 105 Å². The Bertz CT molecular complexity index is 1360. The van der Waals surface area contributed by atoms with Gasteiger partial charge in [-0.15, -0.1) is 0 Å². The van der Waals surface area contributed by atoms with E-state index in [0.29, 0.717) is 11.3 Å². The van der Waals surface area contributed by atoms with Crippen molar-refractivity contribution in [2.45, 2.75) is 18.3 Å². The van der Waals surface area contributed by atoms with Crippen molar-refractivity contribution in [1.82, 2.24) is 0 Å². The van der Waals surface area contributed by atoms with Crippen molar-refractivity contribution in [2.75, 3.05) is 4.90 Å². The third-order valence-electron chi connectivity index (χ3n) is 7.50. The van der Waals surface area contributed by atoms with Crippen LogP contribution in [-0.2, 0) is 19.8 Å². The van der Waals surface area contributed by atoms with E-state index in [1.807, 2.05) is 48.5 Å². The molecule has 0 radical (unpaired) electrons. The summed E-state index contributed by atoms with van der Waals surface area (Å²) in [5, 5.41) is 11.2. The van der Waals surface area contributed by atoms with Gasteiger partial charge in [-0.2, -0.15) is 0 Å². The number of benzene rings is 3. The predicted molar refractivity (Wildman–Crippen MR) is 119 cm³/mol. The number of imide groups is 1. The van der Waals surface area contributed by atoms with E-state index in [2.05, 4.69) is 0 Å². The summed E-state index contributed by atoms with van der Waals surface area (Å²) < 4.78 is 0. The number of nitro groups is 1. The molecule has 0 saturated carbocycles. The second-order valence-corrected chi connectivity index (χ2v) is 8.88. The standard InChI is InChI=1S/C26H18N2O5/c1-14-12-15(28(32)33)10-11-20(14)27-24(30)22-21-16-6-2-4-8-18(16)26(13-29,23(22)25(27)31)19-9-5-3-7-17(19)21/h2-13,21-23H,1H3/t21?,22-,23-,26?/m1/s1. The number of carbonyl (C=O) groups excluding carboxylic acids is 3. The molecule has 3 aliphatic carbocycles. The SMILES string of the molecule is Cc1cc([N+](=O)[O-])ccc1N1C(=O)[C@@H]2C3c4ccccc4C(C=O)(c4ccccc43)[C@H]2C1=O. The highest BCUT2D eigenvalue weighted by Gasteiger charge is 2.68. The van der Waals surface area contributed by atoms with Gasteiger partial charge in [0.15, 0.2) is 0 Å². The van der Waals surface area contributed by atoms with E-state index < -0.39 is 28.1 Å². The average Bonchev–Trinajstić information content (AvgIpc) is 3.10. The van der Waals surface area contributed by atoms with Crippen molar-refractivity contribution in [3.63, 3.8) is 0 Å². The molecule has 0 aromatic heterocycles. The molecular weight excluding hydrogens is 420 g/mol. The van der Waals surface area contributed by atoms with Gasteiger partial charge in [0.1, 0.15) is 6.29 Å². The lowest BCUT2D eigenvalue weighted by molar-refractivity contribution is -0.384. The lowest BCUT2D eigenvalue weighted by Gasteiger charge is -2.51. The van der Waals surface area contributed by atoms with Crippen LogP contribution in [0.15, 0.2) is 66.7 Å². The van der Waals surface area contributed by atoms with Crippen LogP contribution >= 0.6 is 0 Å². The van der Waals surface area contributed by atoms with E-state index in [0.717, 1.165) is 33.4 Å². The molecule has 1 aliphatic heterocycles. The summed E-state index contributed by atoms with van der Waals surface area (Å²) in [6.07, 6.45) is 0.828. The lowest BCUT2D eigenvalue weighted by atomic mass is 9.48. The normalized spacial score (nSPS) is 26.6. The average molecular weight is 438 g/mol. The van der Waals surface area contributed by atoms with Crippen LogP contribution in [0, 0.1) is 28.9 Å². The monoisotopic (exact) mass is 438 g/mol. The zero-order chi connectivity index (χ0) is 23.1. The van der Waals surface area contributed by atoms with Crippen molar-refractivity contribution in [3.8, 4) is 0 Å². The molecule has 3 aromatic carbocycles. The molecule has 4 aliphatic rings. The summed E-state index contributed by atoms with van der Waals surface area (Å²) in [5.74, 6) is -2.75. The first kappa shape index (κ1) is 19.5. The Hall–Kier alpha value is -4.13. The zero-order valence-electron chi connectivity index (χ0n) is 17.6. The van der Waals surface area contributed by atoms with Gasteiger partial charge in [0, 0.05) is 18.1 Å². The number of amides is 2. The molecule has 1 fully saturated rings. The second-order valence-electron chi connectivity index (χ2n) is 8.88. The van der Waals surface area contributed by atoms with Crippen LogP contribution in [0.3, 0.4) is 0 Å². The van der Waals surface area contributed by atoms with E-state index in [1.165, 1.54) is 18.2 Å². The lowest BCUT2D eigenvalue weighted by Crippen LogP contribution is -2.54. The molecule has 0 unspecified atom stereocenters. The van der Waals surface area contributed by atoms with Crippen LogP contribution in [0.1, 0.15) is 33.7 Å². The van der Waals surface area contributed by atoms with Gasteiger partial charge in [-0.05, 0) is 40.8 Å². The van der Waals surface area contributed by atoms with Crippen molar-refractivity contribution in [2.24, 2.45) is 11.8 Å². The number of hydrogen-bond acceptors (Lipinski definition) is 5. The number of anilines is 1. The number of rotatable bonds is 3. The fraction of sp³-hybridized carbons (Fsp3) is 0.192. The molecule has 3 aromatic rings. The highest BCUT2D eigenvalue weighted by molar-refractivity contribution is 6.25. The predicted octanol–water partition coefficient (Wildman–Crippen LogP) is 3.65. The first-order chi connectivity index (χ1) is 15.9. The number of aryl methyl sites for hydroxylation is 1. The third-order valence-corrected chi connectivity index (χ3v) is 7.50. The first-order valence-corrected chi connectivity index (χ1v) is 10.7. The van der Waals surface area contributed by atoms with E-state index in [1.54, 1.807) is 6.92 Å². The molecule has 2 amide bonds. The smallest absolute Gasteiger partial charge is 0.269 e. The highest BCUT2D eigenvalue weighted by atomic mass is 16.6. The molecule has 0 N–H and O–H groups in total. The number of aldehydes is 1. The second kappa shape index (κ2) is 6.45. The van der Waals surface area contributed by atoms with Gasteiger partial charge in [0.05, 0.1) is 27.9 Å². The topological polar surface area (TPSA) is 97.6 Å². The minimum Gasteiger partial charge on any atom is -0.302 e. The molecule has 7 heteroatoms. The summed E-state index contributed by atoms with van der Waals surface area (Å²) in [6, 6.07) is 19.2. The highest BCUT2D eigenvalue weighted by Crippen LogP contribution is 2.63. The van der Waals surface area contributed by atoms with Crippen LogP contribution < -0.4 is 4.90 Å². The molecule has 33 heavy (non-hydrogen) atoms. The Morgan fingerprint density at radius 2 is 1.55 bits per heavy atom. The molecule has 2 atom stereocenters. The zero-order valence-corrected chi connectivity index (χ0v) is 17.6. The summed E-state index contributed by atoms with van der Waals surface area (Å²) in [4.78, 5) is 52.5. The summed E-state index contributed by atoms with van der Waals surface area (Å²) in [6.45, 7) is 1.64. The Morgan fingerprint density at radius 1 is 0.939 bits per heavy atom. The molecule has 7 nitrogen and oxygen atoms in total. The summed E-state index contributed by atoms with van der Waals surface area (Å²) >= 11 is 0. The van der Waals surface area contributed by atoms with Gasteiger partial charge in [0.2, 0.25) is 11.8 Å². The Labute approximate surface area is 188 Å². The minimum atomic E-state index is -1.26. The van der Waals surface area contributed by atoms with E-state index in [-0.39, 0.29) is 17.5 Å². The quantitative estimate of drug-likeness (QED) is 0.269. The molecule has 0 spiro atoms. The third kappa shape index (κ3) is 2.21. The number of carbonyl (C=O) groups is 3. The maximum Gasteiger partial charge on any atom is 0.269 e. The summed E-state index contributed by atoms with van der Waals surface area (Å²) in [7, 11) is 0. The van der Waals surface area contributed by atoms with Crippen molar-refractivity contribution in [1.29, 1.82) is 0 Å². The fourth-order valence-corrected chi connectivity index (χ4v) is 6.27. The van der Waals surface area contributed by atoms with Crippen molar-refractivity contribution < 1.29 is 19.3 Å². The van der Waals surface area contributed by atoms with E-state index in [4.69, 9.17) is 0 Å². The number of non-ortho nitro benzene ring substituents is 1. The Balaban J connectivity index is 1.60. The minimum absolute atomic E-state index is 0.114. The summed E-state index contributed by atoms with van der Waals surface area (Å²) in [5.41, 5.74) is 2.73. The van der Waals surface area contributed by atoms with Gasteiger partial charge < -0.3 is 4.79 Å². The van der Waals surface area contributed by atoms with E-state index in [9.17, 15) is 24.5 Å². The van der Waals surface area contributed by atoms with Gasteiger partial charge in [0.25, 0.3) is 5.69 Å². The molecule has 1 heterocycles. The molecule has 7 rings (SSSR count). The molecule has 2 bridgehead atoms. The fourth-order valence-electron chi connectivity index (χ4n) is 6.27. The van der Waals surface area contributed by atoms with Crippen molar-refractivity contribution >= 4 is 29.5 Å².